The fourth-order valence-electron chi connectivity index (χ4n) is 2.91. The van der Waals surface area contributed by atoms with Crippen LogP contribution in [0, 0.1) is 0 Å². The van der Waals surface area contributed by atoms with Gasteiger partial charge in [0.2, 0.25) is 5.95 Å². The highest BCUT2D eigenvalue weighted by molar-refractivity contribution is 5.74. The lowest BCUT2D eigenvalue weighted by atomic mass is 10.1. The van der Waals surface area contributed by atoms with Crippen LogP contribution in [0.4, 0.5) is 5.95 Å². The number of H-pyrrole nitrogens is 1. The first-order valence-electron chi connectivity index (χ1n) is 8.59. The Kier molecular flexibility index (Phi) is 5.32. The number of hydrogen-bond acceptors (Lipinski definition) is 5. The third-order valence-corrected chi connectivity index (χ3v) is 4.06. The minimum Gasteiger partial charge on any atom is -0.354 e. The predicted octanol–water partition coefficient (Wildman–Crippen LogP) is 2.41. The predicted molar refractivity (Wildman–Crippen MR) is 98.6 cm³/mol. The average Bonchev–Trinajstić information content (AvgIpc) is 2.87. The van der Waals surface area contributed by atoms with Gasteiger partial charge in [-0.3, -0.25) is 14.7 Å². The largest absolute Gasteiger partial charge is 0.354 e. The number of fused-ring (bicyclic) bond motifs is 1. The van der Waals surface area contributed by atoms with Crippen molar-refractivity contribution in [3.05, 3.63) is 16.6 Å². The monoisotopic (exact) mass is 334 g/mol. The van der Waals surface area contributed by atoms with Gasteiger partial charge < -0.3 is 5.32 Å². The molecule has 0 saturated heterocycles. The summed E-state index contributed by atoms with van der Waals surface area (Å²) in [5.41, 5.74) is 0.215. The van der Waals surface area contributed by atoms with Crippen molar-refractivity contribution < 1.29 is 0 Å². The van der Waals surface area contributed by atoms with Gasteiger partial charge in [-0.15, -0.1) is 0 Å². The summed E-state index contributed by atoms with van der Waals surface area (Å²) in [6.07, 6.45) is 1.58. The number of anilines is 1. The molecule has 0 spiro atoms. The van der Waals surface area contributed by atoms with Crippen molar-refractivity contribution in [2.75, 3.05) is 18.4 Å². The molecule has 0 aliphatic rings. The fourth-order valence-corrected chi connectivity index (χ4v) is 2.91. The van der Waals surface area contributed by atoms with Crippen LogP contribution in [0.25, 0.3) is 11.0 Å². The second-order valence-corrected chi connectivity index (χ2v) is 7.73. The molecule has 0 aliphatic carbocycles. The highest BCUT2D eigenvalue weighted by atomic mass is 16.1. The van der Waals surface area contributed by atoms with E-state index in [0.717, 1.165) is 6.54 Å². The van der Waals surface area contributed by atoms with E-state index in [4.69, 9.17) is 0 Å². The second-order valence-electron chi connectivity index (χ2n) is 7.73. The molecule has 0 aromatic carbocycles. The summed E-state index contributed by atoms with van der Waals surface area (Å²) in [7, 11) is 0. The fraction of sp³-hybridized carbons (Fsp3) is 0.706. The highest BCUT2D eigenvalue weighted by Gasteiger charge is 2.20. The first kappa shape index (κ1) is 18.4. The topological polar surface area (TPSA) is 78.8 Å². The molecule has 2 N–H and O–H groups in total. The van der Waals surface area contributed by atoms with Gasteiger partial charge >= 0.3 is 0 Å². The summed E-state index contributed by atoms with van der Waals surface area (Å²) in [5, 5.41) is 8.07. The van der Waals surface area contributed by atoms with E-state index >= 15 is 0 Å². The smallest absolute Gasteiger partial charge is 0.263 e. The van der Waals surface area contributed by atoms with Gasteiger partial charge in [0.25, 0.3) is 5.56 Å². The van der Waals surface area contributed by atoms with Crippen LogP contribution in [0.15, 0.2) is 11.0 Å². The SMILES string of the molecule is CC(C)N(CCNc1nc2c(cnn2C(C)(C)C)c(=O)[nH]1)C(C)C. The third-order valence-electron chi connectivity index (χ3n) is 4.06. The molecule has 0 saturated carbocycles. The number of rotatable bonds is 6. The minimum atomic E-state index is -0.230. The van der Waals surface area contributed by atoms with Crippen LogP contribution in [-0.2, 0) is 5.54 Å². The summed E-state index contributed by atoms with van der Waals surface area (Å²) >= 11 is 0. The van der Waals surface area contributed by atoms with Crippen LogP contribution >= 0.6 is 0 Å². The number of nitrogens with zero attached hydrogens (tertiary/aromatic N) is 4. The van der Waals surface area contributed by atoms with Crippen LogP contribution in [-0.4, -0.2) is 49.8 Å². The van der Waals surface area contributed by atoms with E-state index in [-0.39, 0.29) is 11.1 Å². The molecule has 0 aliphatic heterocycles. The summed E-state index contributed by atoms with van der Waals surface area (Å²) in [6.45, 7) is 16.5. The van der Waals surface area contributed by atoms with Crippen molar-refractivity contribution in [2.45, 2.75) is 66.1 Å². The van der Waals surface area contributed by atoms with Crippen molar-refractivity contribution in [1.82, 2.24) is 24.6 Å². The maximum Gasteiger partial charge on any atom is 0.263 e. The number of aromatic amines is 1. The molecule has 0 amide bonds. The Bertz CT molecular complexity index is 730. The Morgan fingerprint density at radius 2 is 1.88 bits per heavy atom. The molecule has 7 heteroatoms. The molecule has 7 nitrogen and oxygen atoms in total. The molecule has 0 unspecified atom stereocenters. The van der Waals surface area contributed by atoms with Crippen molar-refractivity contribution in [3.63, 3.8) is 0 Å². The lowest BCUT2D eigenvalue weighted by Crippen LogP contribution is -2.40. The van der Waals surface area contributed by atoms with Crippen molar-refractivity contribution >= 4 is 17.0 Å². The van der Waals surface area contributed by atoms with E-state index in [0.29, 0.717) is 35.6 Å². The summed E-state index contributed by atoms with van der Waals surface area (Å²) < 4.78 is 1.79. The second kappa shape index (κ2) is 6.93. The van der Waals surface area contributed by atoms with Gasteiger partial charge in [0, 0.05) is 25.2 Å². The molecular formula is C17H30N6O. The first-order chi connectivity index (χ1) is 11.1. The number of hydrogen-bond donors (Lipinski definition) is 2. The Balaban J connectivity index is 2.20. The molecule has 2 aromatic rings. The molecule has 0 bridgehead atoms. The van der Waals surface area contributed by atoms with Gasteiger partial charge in [0.05, 0.1) is 11.7 Å². The van der Waals surface area contributed by atoms with Gasteiger partial charge in [-0.1, -0.05) is 0 Å². The van der Waals surface area contributed by atoms with Gasteiger partial charge in [0.15, 0.2) is 5.65 Å². The lowest BCUT2D eigenvalue weighted by molar-refractivity contribution is 0.182. The summed E-state index contributed by atoms with van der Waals surface area (Å²) in [6, 6.07) is 0.951. The van der Waals surface area contributed by atoms with E-state index in [1.54, 1.807) is 10.9 Å². The average molecular weight is 334 g/mol. The van der Waals surface area contributed by atoms with Crippen LogP contribution < -0.4 is 10.9 Å². The molecule has 134 valence electrons. The zero-order chi connectivity index (χ0) is 18.1. The van der Waals surface area contributed by atoms with E-state index in [1.165, 1.54) is 0 Å². The van der Waals surface area contributed by atoms with Crippen molar-refractivity contribution in [2.24, 2.45) is 0 Å². The Morgan fingerprint density at radius 1 is 1.25 bits per heavy atom. The van der Waals surface area contributed by atoms with E-state index in [9.17, 15) is 4.79 Å². The number of nitrogens with one attached hydrogen (secondary N) is 2. The zero-order valence-electron chi connectivity index (χ0n) is 15.8. The third kappa shape index (κ3) is 3.95. The van der Waals surface area contributed by atoms with Crippen LogP contribution in [0.2, 0.25) is 0 Å². The van der Waals surface area contributed by atoms with Crippen LogP contribution in [0.3, 0.4) is 0 Å². The quantitative estimate of drug-likeness (QED) is 0.848. The van der Waals surface area contributed by atoms with Crippen molar-refractivity contribution in [3.8, 4) is 0 Å². The van der Waals surface area contributed by atoms with Gasteiger partial charge in [-0.2, -0.15) is 10.1 Å². The highest BCUT2D eigenvalue weighted by Crippen LogP contribution is 2.18. The van der Waals surface area contributed by atoms with Gasteiger partial charge in [-0.05, 0) is 48.5 Å². The first-order valence-corrected chi connectivity index (χ1v) is 8.59. The maximum atomic E-state index is 12.3. The molecule has 2 heterocycles. The molecular weight excluding hydrogens is 304 g/mol. The van der Waals surface area contributed by atoms with Gasteiger partial charge in [-0.25, -0.2) is 4.68 Å². The number of aromatic nitrogens is 4. The Hall–Kier alpha value is -1.89. The van der Waals surface area contributed by atoms with E-state index in [1.807, 2.05) is 20.8 Å². The molecule has 0 atom stereocenters. The van der Waals surface area contributed by atoms with Gasteiger partial charge in [0.1, 0.15) is 5.39 Å². The molecule has 2 rings (SSSR count). The molecule has 24 heavy (non-hydrogen) atoms. The molecule has 0 fully saturated rings. The molecule has 0 radical (unpaired) electrons. The lowest BCUT2D eigenvalue weighted by Gasteiger charge is -2.30. The molecule has 2 aromatic heterocycles. The van der Waals surface area contributed by atoms with Crippen molar-refractivity contribution in [1.29, 1.82) is 0 Å². The Labute approximate surface area is 143 Å². The van der Waals surface area contributed by atoms with Crippen LogP contribution in [0.5, 0.6) is 0 Å². The Morgan fingerprint density at radius 3 is 2.42 bits per heavy atom. The summed E-state index contributed by atoms with van der Waals surface area (Å²) in [5.74, 6) is 0.492. The maximum absolute atomic E-state index is 12.3. The summed E-state index contributed by atoms with van der Waals surface area (Å²) in [4.78, 5) is 22.0. The van der Waals surface area contributed by atoms with E-state index in [2.05, 4.69) is 53.0 Å². The van der Waals surface area contributed by atoms with E-state index < -0.39 is 0 Å². The zero-order valence-corrected chi connectivity index (χ0v) is 15.8. The van der Waals surface area contributed by atoms with Crippen LogP contribution in [0.1, 0.15) is 48.5 Å². The minimum absolute atomic E-state index is 0.164. The normalized spacial score (nSPS) is 12.8. The standard InChI is InChI=1S/C17H30N6O/c1-11(2)22(12(3)4)9-8-18-16-20-14-13(15(24)21-16)10-19-23(14)17(5,6)7/h10-12H,8-9H2,1-7H3,(H2,18,20,21,24).